The molecule has 0 amide bonds. The minimum atomic E-state index is -1.25. The average Bonchev–Trinajstić information content (AvgIpc) is 2.16. The van der Waals surface area contributed by atoms with Crippen LogP contribution in [0.15, 0.2) is 0 Å². The van der Waals surface area contributed by atoms with E-state index in [1.807, 2.05) is 4.90 Å². The Labute approximate surface area is 88.6 Å². The first kappa shape index (κ1) is 10.9. The van der Waals surface area contributed by atoms with Gasteiger partial charge in [0.05, 0.1) is 0 Å². The molecule has 0 aliphatic carbocycles. The molecule has 2 rings (SSSR count). The van der Waals surface area contributed by atoms with Crippen molar-refractivity contribution >= 4 is 5.97 Å². The van der Waals surface area contributed by atoms with Gasteiger partial charge < -0.3 is 14.9 Å². The van der Waals surface area contributed by atoms with E-state index in [9.17, 15) is 9.90 Å². The highest BCUT2D eigenvalue weighted by atomic mass is 16.5. The van der Waals surface area contributed by atoms with Crippen molar-refractivity contribution in [1.29, 1.82) is 0 Å². The van der Waals surface area contributed by atoms with Gasteiger partial charge in [0.2, 0.25) is 0 Å². The van der Waals surface area contributed by atoms with Crippen molar-refractivity contribution in [1.82, 2.24) is 4.90 Å². The molecule has 1 spiro atoms. The van der Waals surface area contributed by atoms with E-state index in [-0.39, 0.29) is 6.54 Å². The molecule has 0 aromatic carbocycles. The first-order chi connectivity index (χ1) is 7.11. The molecule has 86 valence electrons. The predicted octanol–water partition coefficient (Wildman–Crippen LogP) is -0.456. The molecule has 1 unspecified atom stereocenters. The second-order valence-electron chi connectivity index (χ2n) is 4.64. The number of nitrogens with zero attached hydrogens (tertiary/aromatic N) is 1. The Kier molecular flexibility index (Phi) is 2.95. The second-order valence-corrected chi connectivity index (χ2v) is 4.64. The van der Waals surface area contributed by atoms with Gasteiger partial charge in [-0.15, -0.1) is 0 Å². The van der Waals surface area contributed by atoms with E-state index < -0.39 is 12.1 Å². The molecule has 5 heteroatoms. The summed E-state index contributed by atoms with van der Waals surface area (Å²) < 4.78 is 5.29. The van der Waals surface area contributed by atoms with Crippen LogP contribution in [-0.4, -0.2) is 60.0 Å². The zero-order chi connectivity index (χ0) is 10.9. The van der Waals surface area contributed by atoms with Crippen LogP contribution in [0.5, 0.6) is 0 Å². The number of aliphatic carboxylic acids is 1. The molecule has 15 heavy (non-hydrogen) atoms. The van der Waals surface area contributed by atoms with Crippen molar-refractivity contribution in [2.24, 2.45) is 5.41 Å². The van der Waals surface area contributed by atoms with Crippen LogP contribution in [0.1, 0.15) is 12.8 Å². The molecule has 0 bridgehead atoms. The molecular formula is C10H17NO4. The van der Waals surface area contributed by atoms with Crippen molar-refractivity contribution in [3.63, 3.8) is 0 Å². The van der Waals surface area contributed by atoms with E-state index in [1.54, 1.807) is 0 Å². The lowest BCUT2D eigenvalue weighted by Gasteiger charge is -2.52. The lowest BCUT2D eigenvalue weighted by atomic mass is 9.73. The molecule has 2 aliphatic rings. The summed E-state index contributed by atoms with van der Waals surface area (Å²) in [6, 6.07) is 0. The lowest BCUT2D eigenvalue weighted by Crippen LogP contribution is -2.60. The van der Waals surface area contributed by atoms with Crippen molar-refractivity contribution in [2.45, 2.75) is 18.9 Å². The summed E-state index contributed by atoms with van der Waals surface area (Å²) in [6.45, 7) is 3.68. The van der Waals surface area contributed by atoms with Crippen LogP contribution in [-0.2, 0) is 9.53 Å². The number of carboxylic acid groups (broad SMARTS) is 1. The van der Waals surface area contributed by atoms with Crippen molar-refractivity contribution in [3.8, 4) is 0 Å². The SMILES string of the molecule is O=C(O)C(O)CN1CC2(CCOCC2)C1. The van der Waals surface area contributed by atoms with Gasteiger partial charge in [-0.2, -0.15) is 0 Å². The maximum atomic E-state index is 10.4. The average molecular weight is 215 g/mol. The van der Waals surface area contributed by atoms with Gasteiger partial charge in [-0.05, 0) is 12.8 Å². The Bertz CT molecular complexity index is 242. The summed E-state index contributed by atoms with van der Waals surface area (Å²) >= 11 is 0. The first-order valence-corrected chi connectivity index (χ1v) is 5.32. The highest BCUT2D eigenvalue weighted by molar-refractivity contribution is 5.72. The second kappa shape index (κ2) is 4.08. The van der Waals surface area contributed by atoms with Crippen molar-refractivity contribution < 1.29 is 19.7 Å². The largest absolute Gasteiger partial charge is 0.479 e. The summed E-state index contributed by atoms with van der Waals surface area (Å²) in [6.07, 6.45) is 0.876. The third-order valence-electron chi connectivity index (χ3n) is 3.39. The minimum absolute atomic E-state index is 0.248. The topological polar surface area (TPSA) is 70.0 Å². The lowest BCUT2D eigenvalue weighted by molar-refractivity contribution is -0.151. The van der Waals surface area contributed by atoms with E-state index in [0.29, 0.717) is 5.41 Å². The molecule has 5 nitrogen and oxygen atoms in total. The molecule has 0 radical (unpaired) electrons. The Morgan fingerprint density at radius 3 is 2.53 bits per heavy atom. The molecule has 0 saturated carbocycles. The molecule has 0 aromatic heterocycles. The summed E-state index contributed by atoms with van der Waals surface area (Å²) in [5, 5.41) is 17.7. The van der Waals surface area contributed by atoms with Crippen molar-refractivity contribution in [2.75, 3.05) is 32.8 Å². The smallest absolute Gasteiger partial charge is 0.333 e. The fourth-order valence-corrected chi connectivity index (χ4v) is 2.47. The number of carbonyl (C=O) groups is 1. The van der Waals surface area contributed by atoms with E-state index in [1.165, 1.54) is 0 Å². The summed E-state index contributed by atoms with van der Waals surface area (Å²) in [4.78, 5) is 12.4. The monoisotopic (exact) mass is 215 g/mol. The molecule has 2 N–H and O–H groups in total. The van der Waals surface area contributed by atoms with E-state index in [4.69, 9.17) is 9.84 Å². The number of β-amino-alcohol motifs (C(OH)–C–C–N with tert-alkyl or cyclic N) is 1. The van der Waals surface area contributed by atoms with Gasteiger partial charge in [0.25, 0.3) is 0 Å². The number of rotatable bonds is 3. The number of hydrogen-bond acceptors (Lipinski definition) is 4. The van der Waals surface area contributed by atoms with Crippen LogP contribution in [0, 0.1) is 5.41 Å². The maximum absolute atomic E-state index is 10.4. The Morgan fingerprint density at radius 1 is 1.40 bits per heavy atom. The van der Waals surface area contributed by atoms with E-state index in [2.05, 4.69) is 0 Å². The van der Waals surface area contributed by atoms with E-state index in [0.717, 1.165) is 39.1 Å². The third kappa shape index (κ3) is 2.30. The Morgan fingerprint density at radius 2 is 2.00 bits per heavy atom. The Balaban J connectivity index is 1.75. The van der Waals surface area contributed by atoms with E-state index >= 15 is 0 Å². The maximum Gasteiger partial charge on any atom is 0.333 e. The minimum Gasteiger partial charge on any atom is -0.479 e. The van der Waals surface area contributed by atoms with Gasteiger partial charge in [-0.25, -0.2) is 4.79 Å². The third-order valence-corrected chi connectivity index (χ3v) is 3.39. The normalized spacial score (nSPS) is 27.3. The van der Waals surface area contributed by atoms with Crippen LogP contribution >= 0.6 is 0 Å². The van der Waals surface area contributed by atoms with Gasteiger partial charge in [-0.1, -0.05) is 0 Å². The number of aliphatic hydroxyl groups is 1. The number of aliphatic hydroxyl groups excluding tert-OH is 1. The molecule has 2 fully saturated rings. The highest BCUT2D eigenvalue weighted by Gasteiger charge is 2.44. The standard InChI is InChI=1S/C10H17NO4/c12-8(9(13)14)5-11-6-10(7-11)1-3-15-4-2-10/h8,12H,1-7H2,(H,13,14). The number of carboxylic acids is 1. The van der Waals surface area contributed by atoms with Gasteiger partial charge in [-0.3, -0.25) is 4.90 Å². The first-order valence-electron chi connectivity index (χ1n) is 5.32. The summed E-state index contributed by atoms with van der Waals surface area (Å²) in [7, 11) is 0. The molecule has 0 aromatic rings. The number of likely N-dealkylation sites (tertiary alicyclic amines) is 1. The van der Waals surface area contributed by atoms with Crippen LogP contribution in [0.2, 0.25) is 0 Å². The quantitative estimate of drug-likeness (QED) is 0.667. The van der Waals surface area contributed by atoms with Crippen LogP contribution in [0.25, 0.3) is 0 Å². The van der Waals surface area contributed by atoms with Crippen LogP contribution in [0.3, 0.4) is 0 Å². The number of ether oxygens (including phenoxy) is 1. The van der Waals surface area contributed by atoms with Gasteiger partial charge >= 0.3 is 5.97 Å². The fraction of sp³-hybridized carbons (Fsp3) is 0.900. The zero-order valence-corrected chi connectivity index (χ0v) is 8.69. The van der Waals surface area contributed by atoms with Gasteiger partial charge in [0.1, 0.15) is 0 Å². The molecule has 2 heterocycles. The summed E-state index contributed by atoms with van der Waals surface area (Å²) in [5.41, 5.74) is 0.344. The molecule has 2 aliphatic heterocycles. The molecular weight excluding hydrogens is 198 g/mol. The van der Waals surface area contributed by atoms with Crippen molar-refractivity contribution in [3.05, 3.63) is 0 Å². The Hall–Kier alpha value is -0.650. The molecule has 2 saturated heterocycles. The number of hydrogen-bond donors (Lipinski definition) is 2. The van der Waals surface area contributed by atoms with Gasteiger partial charge in [0.15, 0.2) is 6.10 Å². The van der Waals surface area contributed by atoms with Crippen LogP contribution < -0.4 is 0 Å². The highest BCUT2D eigenvalue weighted by Crippen LogP contribution is 2.39. The molecule has 1 atom stereocenters. The zero-order valence-electron chi connectivity index (χ0n) is 8.69. The van der Waals surface area contributed by atoms with Gasteiger partial charge in [0, 0.05) is 38.3 Å². The predicted molar refractivity (Wildman–Crippen MR) is 52.6 cm³/mol. The fourth-order valence-electron chi connectivity index (χ4n) is 2.47. The summed E-state index contributed by atoms with van der Waals surface area (Å²) in [5.74, 6) is -1.14. The van der Waals surface area contributed by atoms with Crippen LogP contribution in [0.4, 0.5) is 0 Å².